The van der Waals surface area contributed by atoms with Gasteiger partial charge >= 0.3 is 0 Å². The average Bonchev–Trinajstić information content (AvgIpc) is 2.51. The first kappa shape index (κ1) is 20.6. The normalized spacial score (nSPS) is 11.3. The largest absolute Gasteiger partial charge is 0.359 e. The van der Waals surface area contributed by atoms with Crippen LogP contribution in [-0.4, -0.2) is 34.8 Å². The van der Waals surface area contributed by atoms with Crippen LogP contribution in [0.5, 0.6) is 0 Å². The molecule has 24 heavy (non-hydrogen) atoms. The zero-order valence-corrected chi connectivity index (χ0v) is 15.2. The molecule has 0 aliphatic heterocycles. The van der Waals surface area contributed by atoms with Crippen molar-refractivity contribution >= 4 is 25.3 Å². The number of benzene rings is 1. The van der Waals surface area contributed by atoms with Gasteiger partial charge in [-0.2, -0.15) is 0 Å². The Morgan fingerprint density at radius 2 is 1.54 bits per heavy atom. The van der Waals surface area contributed by atoms with E-state index in [4.69, 9.17) is 0 Å². The molecule has 0 radical (unpaired) electrons. The second-order valence-corrected chi connectivity index (χ2v) is 8.23. The molecule has 0 aliphatic carbocycles. The number of hydrogen-bond acceptors (Lipinski definition) is 4. The number of Topliss-reactive ketones (excluding diaryl/α,β-unsaturated/α-hetero) is 1. The van der Waals surface area contributed by atoms with Crippen LogP contribution in [0.15, 0.2) is 24.3 Å². The van der Waals surface area contributed by atoms with Gasteiger partial charge in [-0.1, -0.05) is 43.4 Å². The third-order valence-corrected chi connectivity index (χ3v) is 4.62. The summed E-state index contributed by atoms with van der Waals surface area (Å²) in [4.78, 5) is 41.8. The van der Waals surface area contributed by atoms with Crippen molar-refractivity contribution in [3.63, 3.8) is 0 Å². The van der Waals surface area contributed by atoms with Gasteiger partial charge in [0.25, 0.3) is 0 Å². The van der Waals surface area contributed by atoms with E-state index in [1.807, 2.05) is 24.3 Å². The molecule has 0 saturated carbocycles. The molecule has 0 aliphatic rings. The van der Waals surface area contributed by atoms with Crippen LogP contribution in [0.2, 0.25) is 0 Å². The number of unbranched alkanes of at least 4 members (excludes halogenated alkanes) is 3. The van der Waals surface area contributed by atoms with Gasteiger partial charge in [0.1, 0.15) is 13.1 Å². The van der Waals surface area contributed by atoms with E-state index >= 15 is 0 Å². The molecule has 5 nitrogen and oxygen atoms in total. The summed E-state index contributed by atoms with van der Waals surface area (Å²) in [6.07, 6.45) is 8.68. The molecule has 1 aromatic carbocycles. The summed E-state index contributed by atoms with van der Waals surface area (Å²) in [5.74, 6) is 0.271. The van der Waals surface area contributed by atoms with Crippen molar-refractivity contribution in [2.75, 3.05) is 7.05 Å². The van der Waals surface area contributed by atoms with Gasteiger partial charge in [0, 0.05) is 32.5 Å². The van der Waals surface area contributed by atoms with Gasteiger partial charge in [-0.25, -0.2) is 0 Å². The van der Waals surface area contributed by atoms with Crippen LogP contribution in [0.25, 0.3) is 0 Å². The van der Waals surface area contributed by atoms with Crippen molar-refractivity contribution in [1.29, 1.82) is 0 Å². The second-order valence-electron chi connectivity index (χ2n) is 6.16. The first-order chi connectivity index (χ1) is 11.3. The summed E-state index contributed by atoms with van der Waals surface area (Å²) in [6.45, 7) is 0. The highest BCUT2D eigenvalue weighted by molar-refractivity contribution is 7.61. The van der Waals surface area contributed by atoms with E-state index in [0.29, 0.717) is 19.3 Å². The number of amides is 1. The molecule has 6 heteroatoms. The van der Waals surface area contributed by atoms with Crippen LogP contribution < -0.4 is 5.32 Å². The van der Waals surface area contributed by atoms with Crippen LogP contribution in [0.1, 0.15) is 49.7 Å². The molecular formula is C18H28NO4P. The third kappa shape index (κ3) is 9.66. The number of carbonyl (C=O) groups excluding carboxylic acids is 2. The Bertz CT molecular complexity index is 577. The highest BCUT2D eigenvalue weighted by Gasteiger charge is 2.08. The van der Waals surface area contributed by atoms with Crippen molar-refractivity contribution in [1.82, 2.24) is 5.32 Å². The van der Waals surface area contributed by atoms with E-state index in [0.717, 1.165) is 36.8 Å². The van der Waals surface area contributed by atoms with Crippen molar-refractivity contribution in [3.8, 4) is 0 Å². The summed E-state index contributed by atoms with van der Waals surface area (Å²) in [5.41, 5.74) is 1.75. The molecule has 1 rings (SSSR count). The maximum absolute atomic E-state index is 12.0. The summed E-state index contributed by atoms with van der Waals surface area (Å²) in [7, 11) is -1.42. The van der Waals surface area contributed by atoms with Crippen LogP contribution in [-0.2, 0) is 22.2 Å². The Hall–Kier alpha value is -1.42. The Morgan fingerprint density at radius 3 is 2.08 bits per heavy atom. The predicted molar refractivity (Wildman–Crippen MR) is 99.1 cm³/mol. The van der Waals surface area contributed by atoms with Crippen molar-refractivity contribution in [2.45, 2.75) is 51.1 Å². The fraction of sp³-hybridized carbons (Fsp3) is 0.500. The van der Waals surface area contributed by atoms with E-state index < -0.39 is 7.34 Å². The lowest BCUT2D eigenvalue weighted by Crippen LogP contribution is -2.16. The fourth-order valence-electron chi connectivity index (χ4n) is 2.46. The molecule has 0 unspecified atom stereocenters. The standard InChI is InChI=1S/C18H28NO4P/c1-19-18(21)8-6-4-3-5-7-17(20)13-15-9-11-16(12-10-15)14-24(2,22)23/h9-12,22-23H,2-8,13-14H2,1H3,(H,19,21). The second kappa shape index (κ2) is 10.4. The fourth-order valence-corrected chi connectivity index (χ4v) is 3.25. The van der Waals surface area contributed by atoms with E-state index in [2.05, 4.69) is 11.6 Å². The molecule has 0 spiro atoms. The number of rotatable bonds is 11. The van der Waals surface area contributed by atoms with Crippen molar-refractivity contribution < 1.29 is 19.4 Å². The van der Waals surface area contributed by atoms with Gasteiger partial charge in [-0.3, -0.25) is 9.59 Å². The lowest BCUT2D eigenvalue weighted by atomic mass is 10.0. The molecule has 3 N–H and O–H groups in total. The summed E-state index contributed by atoms with van der Waals surface area (Å²) in [6, 6.07) is 7.33. The van der Waals surface area contributed by atoms with Gasteiger partial charge in [-0.05, 0) is 24.0 Å². The summed E-state index contributed by atoms with van der Waals surface area (Å²) < 4.78 is 0. The molecule has 0 bridgehead atoms. The molecule has 0 atom stereocenters. The Balaban J connectivity index is 2.23. The van der Waals surface area contributed by atoms with Crippen LogP contribution in [0, 0.1) is 0 Å². The minimum atomic E-state index is -3.05. The Kier molecular flexibility index (Phi) is 8.98. The van der Waals surface area contributed by atoms with Gasteiger partial charge in [-0.15, -0.1) is 0 Å². The van der Waals surface area contributed by atoms with Crippen LogP contribution in [0.3, 0.4) is 0 Å². The zero-order chi connectivity index (χ0) is 18.0. The maximum Gasteiger partial charge on any atom is 0.219 e. The van der Waals surface area contributed by atoms with Crippen molar-refractivity contribution in [2.24, 2.45) is 0 Å². The predicted octanol–water partition coefficient (Wildman–Crippen LogP) is 2.65. The zero-order valence-electron chi connectivity index (χ0n) is 14.3. The molecule has 0 saturated heterocycles. The van der Waals surface area contributed by atoms with Gasteiger partial charge < -0.3 is 15.1 Å². The van der Waals surface area contributed by atoms with Crippen LogP contribution in [0.4, 0.5) is 0 Å². The molecule has 1 amide bonds. The van der Waals surface area contributed by atoms with Gasteiger partial charge in [0.05, 0.1) is 0 Å². The topological polar surface area (TPSA) is 86.6 Å². The van der Waals surface area contributed by atoms with Crippen molar-refractivity contribution in [3.05, 3.63) is 35.4 Å². The van der Waals surface area contributed by atoms with E-state index in [1.165, 1.54) is 0 Å². The number of ketones is 1. The van der Waals surface area contributed by atoms with Gasteiger partial charge in [0.15, 0.2) is 0 Å². The Morgan fingerprint density at radius 1 is 1.00 bits per heavy atom. The molecule has 1 aromatic rings. The lowest BCUT2D eigenvalue weighted by molar-refractivity contribution is -0.121. The third-order valence-electron chi connectivity index (χ3n) is 3.75. The molecule has 0 aromatic heterocycles. The van der Waals surface area contributed by atoms with E-state index in [-0.39, 0.29) is 17.9 Å². The quantitative estimate of drug-likeness (QED) is 0.422. The lowest BCUT2D eigenvalue weighted by Gasteiger charge is -2.10. The summed E-state index contributed by atoms with van der Waals surface area (Å²) >= 11 is 0. The molecule has 0 heterocycles. The molecule has 0 fully saturated rings. The summed E-state index contributed by atoms with van der Waals surface area (Å²) in [5, 5.41) is 2.60. The highest BCUT2D eigenvalue weighted by Crippen LogP contribution is 2.38. The minimum Gasteiger partial charge on any atom is -0.359 e. The minimum absolute atomic E-state index is 0.0650. The first-order valence-corrected chi connectivity index (χ1v) is 10.3. The smallest absolute Gasteiger partial charge is 0.219 e. The van der Waals surface area contributed by atoms with E-state index in [9.17, 15) is 19.4 Å². The maximum atomic E-state index is 12.0. The van der Waals surface area contributed by atoms with E-state index in [1.54, 1.807) is 7.05 Å². The monoisotopic (exact) mass is 353 g/mol. The van der Waals surface area contributed by atoms with Gasteiger partial charge in [0.2, 0.25) is 5.91 Å². The number of carbonyl (C=O) groups is 2. The molecular weight excluding hydrogens is 325 g/mol. The molecule has 134 valence electrons. The SMILES string of the molecule is C=P(O)(O)Cc1ccc(CC(=O)CCCCCCC(=O)NC)cc1. The first-order valence-electron chi connectivity index (χ1n) is 8.28. The number of hydrogen-bond donors (Lipinski definition) is 3. The Labute approximate surface area is 144 Å². The number of nitrogens with one attached hydrogen (secondary N) is 1. The van der Waals surface area contributed by atoms with Crippen LogP contribution >= 0.6 is 7.34 Å². The average molecular weight is 353 g/mol. The highest BCUT2D eigenvalue weighted by atomic mass is 31.2.